The summed E-state index contributed by atoms with van der Waals surface area (Å²) in [6, 6.07) is 6.91. The maximum atomic E-state index is 3.34. The number of aryl methyl sites for hydroxylation is 2. The lowest BCUT2D eigenvalue weighted by Crippen LogP contribution is -2.35. The number of rotatable bonds is 5. The fourth-order valence-corrected chi connectivity index (χ4v) is 2.42. The van der Waals surface area contributed by atoms with E-state index in [-0.39, 0.29) is 0 Å². The molecule has 0 amide bonds. The molecule has 0 spiro atoms. The number of hydrogen-bond donors (Lipinski definition) is 1. The molecule has 0 radical (unpaired) electrons. The normalized spacial score (nSPS) is 11.8. The van der Waals surface area contributed by atoms with Crippen molar-refractivity contribution >= 4 is 0 Å². The van der Waals surface area contributed by atoms with E-state index in [0.29, 0.717) is 5.41 Å². The third-order valence-electron chi connectivity index (χ3n) is 3.99. The highest BCUT2D eigenvalue weighted by Gasteiger charge is 2.27. The molecule has 1 heteroatoms. The van der Waals surface area contributed by atoms with Crippen LogP contribution in [0, 0.1) is 13.8 Å². The van der Waals surface area contributed by atoms with Gasteiger partial charge in [-0.15, -0.1) is 0 Å². The molecule has 0 aliphatic heterocycles. The highest BCUT2D eigenvalue weighted by Crippen LogP contribution is 2.32. The number of hydrogen-bond acceptors (Lipinski definition) is 1. The van der Waals surface area contributed by atoms with Crippen molar-refractivity contribution in [3.63, 3.8) is 0 Å². The molecule has 0 unspecified atom stereocenters. The Morgan fingerprint density at radius 3 is 2.12 bits per heavy atom. The summed E-state index contributed by atoms with van der Waals surface area (Å²) in [5, 5.41) is 3.34. The van der Waals surface area contributed by atoms with Crippen molar-refractivity contribution in [2.24, 2.45) is 0 Å². The number of nitrogens with one attached hydrogen (secondary N) is 1. The maximum Gasteiger partial charge on any atom is 0.00725 e. The van der Waals surface area contributed by atoms with Crippen LogP contribution in [0.3, 0.4) is 0 Å². The molecule has 0 saturated carbocycles. The Labute approximate surface area is 100 Å². The fourth-order valence-electron chi connectivity index (χ4n) is 2.42. The predicted octanol–water partition coefficient (Wildman–Crippen LogP) is 3.58. The highest BCUT2D eigenvalue weighted by molar-refractivity contribution is 5.35. The van der Waals surface area contributed by atoms with Crippen molar-refractivity contribution in [3.05, 3.63) is 34.9 Å². The largest absolute Gasteiger partial charge is 0.319 e. The van der Waals surface area contributed by atoms with Gasteiger partial charge in [-0.3, -0.25) is 0 Å². The van der Waals surface area contributed by atoms with Crippen LogP contribution in [0.4, 0.5) is 0 Å². The molecular formula is C15H25N. The van der Waals surface area contributed by atoms with Crippen molar-refractivity contribution in [2.75, 3.05) is 13.6 Å². The molecule has 90 valence electrons. The van der Waals surface area contributed by atoms with Gasteiger partial charge in [0.15, 0.2) is 0 Å². The summed E-state index contributed by atoms with van der Waals surface area (Å²) in [5.41, 5.74) is 4.57. The molecule has 1 aromatic rings. The van der Waals surface area contributed by atoms with Gasteiger partial charge in [-0.2, -0.15) is 0 Å². The zero-order chi connectivity index (χ0) is 12.2. The van der Waals surface area contributed by atoms with Crippen molar-refractivity contribution in [1.82, 2.24) is 5.32 Å². The van der Waals surface area contributed by atoms with Gasteiger partial charge >= 0.3 is 0 Å². The Morgan fingerprint density at radius 2 is 1.69 bits per heavy atom. The monoisotopic (exact) mass is 219 g/mol. The average Bonchev–Trinajstić information content (AvgIpc) is 2.30. The molecule has 1 N–H and O–H groups in total. The van der Waals surface area contributed by atoms with Crippen LogP contribution in [-0.4, -0.2) is 13.6 Å². The second-order valence-electron chi connectivity index (χ2n) is 4.82. The lowest BCUT2D eigenvalue weighted by atomic mass is 9.75. The first-order valence-electron chi connectivity index (χ1n) is 6.32. The molecule has 1 rings (SSSR count). The molecule has 0 bridgehead atoms. The molecule has 1 aromatic carbocycles. The quantitative estimate of drug-likeness (QED) is 0.798. The third kappa shape index (κ3) is 2.46. The molecule has 0 atom stereocenters. The zero-order valence-electron chi connectivity index (χ0n) is 11.4. The fraction of sp³-hybridized carbons (Fsp3) is 0.600. The van der Waals surface area contributed by atoms with E-state index in [1.54, 1.807) is 0 Å². The lowest BCUT2D eigenvalue weighted by Gasteiger charge is -2.32. The summed E-state index contributed by atoms with van der Waals surface area (Å²) in [6.45, 7) is 10.0. The molecule has 0 saturated heterocycles. The van der Waals surface area contributed by atoms with Crippen molar-refractivity contribution in [1.29, 1.82) is 0 Å². The van der Waals surface area contributed by atoms with E-state index in [0.717, 1.165) is 6.54 Å². The van der Waals surface area contributed by atoms with E-state index in [2.05, 4.69) is 51.2 Å². The van der Waals surface area contributed by atoms with E-state index in [1.807, 2.05) is 7.05 Å². The Morgan fingerprint density at radius 1 is 1.06 bits per heavy atom. The van der Waals surface area contributed by atoms with Gasteiger partial charge in [0, 0.05) is 12.0 Å². The summed E-state index contributed by atoms with van der Waals surface area (Å²) < 4.78 is 0. The Balaban J connectivity index is 3.14. The smallest absolute Gasteiger partial charge is 0.00725 e. The van der Waals surface area contributed by atoms with E-state index in [9.17, 15) is 0 Å². The van der Waals surface area contributed by atoms with E-state index < -0.39 is 0 Å². The summed E-state index contributed by atoms with van der Waals surface area (Å²) in [4.78, 5) is 0. The van der Waals surface area contributed by atoms with Crippen LogP contribution in [0.2, 0.25) is 0 Å². The van der Waals surface area contributed by atoms with E-state index in [1.165, 1.54) is 29.5 Å². The zero-order valence-corrected chi connectivity index (χ0v) is 11.4. The predicted molar refractivity (Wildman–Crippen MR) is 72.1 cm³/mol. The first kappa shape index (κ1) is 13.2. The van der Waals surface area contributed by atoms with Gasteiger partial charge in [-0.1, -0.05) is 32.0 Å². The Hall–Kier alpha value is -0.820. The van der Waals surface area contributed by atoms with Crippen LogP contribution in [-0.2, 0) is 5.41 Å². The first-order chi connectivity index (χ1) is 7.59. The van der Waals surface area contributed by atoms with Crippen LogP contribution in [0.5, 0.6) is 0 Å². The van der Waals surface area contributed by atoms with Gasteiger partial charge in [0.25, 0.3) is 0 Å². The second-order valence-corrected chi connectivity index (χ2v) is 4.82. The summed E-state index contributed by atoms with van der Waals surface area (Å²) in [6.07, 6.45) is 2.37. The lowest BCUT2D eigenvalue weighted by molar-refractivity contribution is 0.380. The molecule has 0 aliphatic rings. The molecule has 0 aromatic heterocycles. The molecule has 16 heavy (non-hydrogen) atoms. The minimum atomic E-state index is 0.299. The SMILES string of the molecule is CCC(CC)(CNC)c1ccc(C)c(C)c1. The molecular weight excluding hydrogens is 194 g/mol. The molecule has 0 heterocycles. The molecule has 0 aliphatic carbocycles. The van der Waals surface area contributed by atoms with Crippen LogP contribution >= 0.6 is 0 Å². The van der Waals surface area contributed by atoms with Gasteiger partial charge in [-0.05, 0) is 50.4 Å². The summed E-state index contributed by atoms with van der Waals surface area (Å²) >= 11 is 0. The van der Waals surface area contributed by atoms with E-state index >= 15 is 0 Å². The standard InChI is InChI=1S/C15H25N/c1-6-15(7-2,11-16-5)14-9-8-12(3)13(4)10-14/h8-10,16H,6-7,11H2,1-5H3. The Kier molecular flexibility index (Phi) is 4.55. The van der Waals surface area contributed by atoms with Gasteiger partial charge in [0.05, 0.1) is 0 Å². The van der Waals surface area contributed by atoms with Crippen LogP contribution in [0.15, 0.2) is 18.2 Å². The van der Waals surface area contributed by atoms with Gasteiger partial charge in [0.2, 0.25) is 0 Å². The van der Waals surface area contributed by atoms with Gasteiger partial charge < -0.3 is 5.32 Å². The maximum absolute atomic E-state index is 3.34. The van der Waals surface area contributed by atoms with E-state index in [4.69, 9.17) is 0 Å². The van der Waals surface area contributed by atoms with Crippen molar-refractivity contribution in [3.8, 4) is 0 Å². The van der Waals surface area contributed by atoms with Crippen LogP contribution in [0.25, 0.3) is 0 Å². The number of likely N-dealkylation sites (N-methyl/N-ethyl adjacent to an activating group) is 1. The summed E-state index contributed by atoms with van der Waals surface area (Å²) in [7, 11) is 2.04. The average molecular weight is 219 g/mol. The van der Waals surface area contributed by atoms with Crippen LogP contribution in [0.1, 0.15) is 43.4 Å². The van der Waals surface area contributed by atoms with Crippen molar-refractivity contribution in [2.45, 2.75) is 46.0 Å². The van der Waals surface area contributed by atoms with Crippen molar-refractivity contribution < 1.29 is 0 Å². The summed E-state index contributed by atoms with van der Waals surface area (Å²) in [5.74, 6) is 0. The minimum absolute atomic E-state index is 0.299. The number of benzene rings is 1. The molecule has 1 nitrogen and oxygen atoms in total. The van der Waals surface area contributed by atoms with Gasteiger partial charge in [0.1, 0.15) is 0 Å². The first-order valence-corrected chi connectivity index (χ1v) is 6.32. The second kappa shape index (κ2) is 5.49. The topological polar surface area (TPSA) is 12.0 Å². The molecule has 0 fully saturated rings. The highest BCUT2D eigenvalue weighted by atomic mass is 14.8. The van der Waals surface area contributed by atoms with Gasteiger partial charge in [-0.25, -0.2) is 0 Å². The minimum Gasteiger partial charge on any atom is -0.319 e. The van der Waals surface area contributed by atoms with Crippen LogP contribution < -0.4 is 5.32 Å². The third-order valence-corrected chi connectivity index (χ3v) is 3.99. The Bertz CT molecular complexity index is 337.